The average Bonchev–Trinajstić information content (AvgIpc) is 2.50. The van der Waals surface area contributed by atoms with E-state index in [4.69, 9.17) is 5.11 Å². The second-order valence-electron chi connectivity index (χ2n) is 5.72. The number of carboxylic acids is 1. The molecule has 0 aliphatic heterocycles. The largest absolute Gasteiger partial charge is 0.481 e. The second kappa shape index (κ2) is 17.7. The second-order valence-corrected chi connectivity index (χ2v) is 5.72. The summed E-state index contributed by atoms with van der Waals surface area (Å²) in [6.07, 6.45) is 26.3. The maximum atomic E-state index is 10.3. The van der Waals surface area contributed by atoms with Gasteiger partial charge in [-0.2, -0.15) is 0 Å². The zero-order valence-corrected chi connectivity index (χ0v) is 14.3. The summed E-state index contributed by atoms with van der Waals surface area (Å²) in [4.78, 5) is 10.3. The van der Waals surface area contributed by atoms with Crippen LogP contribution in [-0.4, -0.2) is 11.1 Å². The van der Waals surface area contributed by atoms with E-state index in [0.29, 0.717) is 6.42 Å². The van der Waals surface area contributed by atoms with Crippen molar-refractivity contribution < 1.29 is 9.90 Å². The molecule has 0 unspecified atom stereocenters. The van der Waals surface area contributed by atoms with E-state index in [1.165, 1.54) is 38.5 Å². The number of rotatable bonds is 15. The van der Waals surface area contributed by atoms with Crippen molar-refractivity contribution in [2.45, 2.75) is 84.0 Å². The Morgan fingerprint density at radius 2 is 1.23 bits per heavy atom. The summed E-state index contributed by atoms with van der Waals surface area (Å²) in [5.41, 5.74) is 0. The van der Waals surface area contributed by atoms with Gasteiger partial charge in [0, 0.05) is 6.42 Å². The standard InChI is InChI=1S/C20H34O2/c1-2-3-4-5-6-7-8-9-10-11-12-13-14-15-16-17-18-19-20(21)22/h3-6,13-14H,2,7-12,15-19H2,1H3,(H,21,22)/b4-3+,6-5+,14-13+. The van der Waals surface area contributed by atoms with E-state index in [0.717, 1.165) is 32.1 Å². The van der Waals surface area contributed by atoms with E-state index in [1.54, 1.807) is 0 Å². The maximum Gasteiger partial charge on any atom is 0.303 e. The van der Waals surface area contributed by atoms with Crippen LogP contribution in [0.15, 0.2) is 36.5 Å². The number of unbranched alkanes of at least 4 members (excludes halogenated alkanes) is 8. The lowest BCUT2D eigenvalue weighted by Gasteiger charge is -1.97. The summed E-state index contributed by atoms with van der Waals surface area (Å²) in [6, 6.07) is 0. The van der Waals surface area contributed by atoms with Crippen LogP contribution in [0.4, 0.5) is 0 Å². The van der Waals surface area contributed by atoms with Crippen LogP contribution in [0.5, 0.6) is 0 Å². The fourth-order valence-electron chi connectivity index (χ4n) is 2.22. The van der Waals surface area contributed by atoms with Crippen LogP contribution in [0.3, 0.4) is 0 Å². The van der Waals surface area contributed by atoms with E-state index >= 15 is 0 Å². The highest BCUT2D eigenvalue weighted by Gasteiger charge is 1.94. The minimum atomic E-state index is -0.677. The van der Waals surface area contributed by atoms with Gasteiger partial charge in [0.1, 0.15) is 0 Å². The summed E-state index contributed by atoms with van der Waals surface area (Å²) >= 11 is 0. The van der Waals surface area contributed by atoms with Crippen molar-refractivity contribution in [1.29, 1.82) is 0 Å². The highest BCUT2D eigenvalue weighted by molar-refractivity contribution is 5.66. The lowest BCUT2D eigenvalue weighted by atomic mass is 10.1. The van der Waals surface area contributed by atoms with Gasteiger partial charge in [0.15, 0.2) is 0 Å². The highest BCUT2D eigenvalue weighted by Crippen LogP contribution is 2.08. The van der Waals surface area contributed by atoms with Crippen LogP contribution in [0, 0.1) is 0 Å². The summed E-state index contributed by atoms with van der Waals surface area (Å²) in [6.45, 7) is 2.15. The van der Waals surface area contributed by atoms with E-state index in [1.807, 2.05) is 0 Å². The summed E-state index contributed by atoms with van der Waals surface area (Å²) < 4.78 is 0. The van der Waals surface area contributed by atoms with Crippen molar-refractivity contribution in [1.82, 2.24) is 0 Å². The fraction of sp³-hybridized carbons (Fsp3) is 0.650. The van der Waals surface area contributed by atoms with Crippen molar-refractivity contribution in [3.63, 3.8) is 0 Å². The van der Waals surface area contributed by atoms with E-state index in [2.05, 4.69) is 43.4 Å². The first-order valence-corrected chi connectivity index (χ1v) is 8.95. The average molecular weight is 306 g/mol. The third-order valence-electron chi connectivity index (χ3n) is 3.54. The van der Waals surface area contributed by atoms with Gasteiger partial charge in [0.2, 0.25) is 0 Å². The van der Waals surface area contributed by atoms with Crippen molar-refractivity contribution in [2.75, 3.05) is 0 Å². The smallest absolute Gasteiger partial charge is 0.303 e. The fourth-order valence-corrected chi connectivity index (χ4v) is 2.22. The number of aliphatic carboxylic acids is 1. The Balaban J connectivity index is 3.19. The van der Waals surface area contributed by atoms with Crippen molar-refractivity contribution in [2.24, 2.45) is 0 Å². The van der Waals surface area contributed by atoms with Crippen LogP contribution in [0.25, 0.3) is 0 Å². The summed E-state index contributed by atoms with van der Waals surface area (Å²) in [5.74, 6) is -0.677. The van der Waals surface area contributed by atoms with Gasteiger partial charge >= 0.3 is 5.97 Å². The van der Waals surface area contributed by atoms with Gasteiger partial charge in [-0.25, -0.2) is 0 Å². The molecular formula is C20H34O2. The molecule has 0 atom stereocenters. The molecule has 0 amide bonds. The van der Waals surface area contributed by atoms with Crippen molar-refractivity contribution >= 4 is 5.97 Å². The van der Waals surface area contributed by atoms with Crippen LogP contribution < -0.4 is 0 Å². The normalized spacial score (nSPS) is 12.0. The third kappa shape index (κ3) is 18.7. The summed E-state index contributed by atoms with van der Waals surface area (Å²) in [7, 11) is 0. The van der Waals surface area contributed by atoms with Crippen LogP contribution >= 0.6 is 0 Å². The zero-order chi connectivity index (χ0) is 16.3. The highest BCUT2D eigenvalue weighted by atomic mass is 16.4. The molecule has 0 aromatic carbocycles. The molecule has 0 aliphatic rings. The first kappa shape index (κ1) is 20.7. The SMILES string of the molecule is CC/C=C/C=C/CCCCCC/C=C/CCCCCC(=O)O. The summed E-state index contributed by atoms with van der Waals surface area (Å²) in [5, 5.41) is 8.52. The molecule has 2 heteroatoms. The Kier molecular flexibility index (Phi) is 16.7. The molecule has 0 fully saturated rings. The van der Waals surface area contributed by atoms with Gasteiger partial charge < -0.3 is 5.11 Å². The van der Waals surface area contributed by atoms with Gasteiger partial charge in [-0.15, -0.1) is 0 Å². The lowest BCUT2D eigenvalue weighted by Crippen LogP contribution is -1.93. The lowest BCUT2D eigenvalue weighted by molar-refractivity contribution is -0.137. The van der Waals surface area contributed by atoms with E-state index in [9.17, 15) is 4.79 Å². The molecule has 0 spiro atoms. The van der Waals surface area contributed by atoms with Gasteiger partial charge in [-0.3, -0.25) is 4.79 Å². The van der Waals surface area contributed by atoms with Crippen LogP contribution in [-0.2, 0) is 4.79 Å². The molecule has 0 bridgehead atoms. The van der Waals surface area contributed by atoms with Crippen molar-refractivity contribution in [3.8, 4) is 0 Å². The maximum absolute atomic E-state index is 10.3. The predicted octanol–water partition coefficient (Wildman–Crippen LogP) is 6.44. The first-order valence-electron chi connectivity index (χ1n) is 8.95. The molecule has 1 N–H and O–H groups in total. The Morgan fingerprint density at radius 1 is 0.727 bits per heavy atom. The zero-order valence-electron chi connectivity index (χ0n) is 14.3. The molecule has 0 rings (SSSR count). The molecule has 0 saturated carbocycles. The van der Waals surface area contributed by atoms with Gasteiger partial charge in [0.25, 0.3) is 0 Å². The Labute approximate surface area is 137 Å². The topological polar surface area (TPSA) is 37.3 Å². The molecule has 0 heterocycles. The molecule has 0 aliphatic carbocycles. The molecule has 0 aromatic rings. The number of allylic oxidation sites excluding steroid dienone is 6. The van der Waals surface area contributed by atoms with Crippen molar-refractivity contribution in [3.05, 3.63) is 36.5 Å². The molecule has 22 heavy (non-hydrogen) atoms. The van der Waals surface area contributed by atoms with Gasteiger partial charge in [-0.05, 0) is 51.4 Å². The third-order valence-corrected chi connectivity index (χ3v) is 3.54. The van der Waals surface area contributed by atoms with E-state index < -0.39 is 5.97 Å². The minimum absolute atomic E-state index is 0.313. The van der Waals surface area contributed by atoms with Gasteiger partial charge in [0.05, 0.1) is 0 Å². The van der Waals surface area contributed by atoms with Crippen LogP contribution in [0.2, 0.25) is 0 Å². The predicted molar refractivity (Wildman–Crippen MR) is 96.1 cm³/mol. The first-order chi connectivity index (χ1) is 10.8. The monoisotopic (exact) mass is 306 g/mol. The molecule has 126 valence electrons. The molecule has 2 nitrogen and oxygen atoms in total. The van der Waals surface area contributed by atoms with Gasteiger partial charge in [-0.1, -0.05) is 62.6 Å². The molecule has 0 saturated heterocycles. The number of carboxylic acid groups (broad SMARTS) is 1. The Morgan fingerprint density at radius 3 is 1.77 bits per heavy atom. The molecular weight excluding hydrogens is 272 g/mol. The molecule has 0 radical (unpaired) electrons. The van der Waals surface area contributed by atoms with Crippen LogP contribution in [0.1, 0.15) is 84.0 Å². The number of hydrogen-bond acceptors (Lipinski definition) is 1. The Hall–Kier alpha value is -1.31. The van der Waals surface area contributed by atoms with E-state index in [-0.39, 0.29) is 0 Å². The number of carbonyl (C=O) groups is 1. The number of hydrogen-bond donors (Lipinski definition) is 1. The Bertz CT molecular complexity index is 327. The quantitative estimate of drug-likeness (QED) is 0.215. The molecule has 0 aromatic heterocycles. The minimum Gasteiger partial charge on any atom is -0.481 e.